The fourth-order valence-corrected chi connectivity index (χ4v) is 2.06. The molecular formula is C13H18N4O2S. The van der Waals surface area contributed by atoms with Crippen molar-refractivity contribution in [2.75, 3.05) is 11.9 Å². The highest BCUT2D eigenvalue weighted by Crippen LogP contribution is 2.22. The SMILES string of the molecule is CC(C)(C)OC(=O)Nc1cc(C=CCCN=[N+]=[N-])cs1. The Morgan fingerprint density at radius 3 is 3.00 bits per heavy atom. The second-order valence-corrected chi connectivity index (χ2v) is 5.93. The average molecular weight is 294 g/mol. The third-order valence-corrected chi connectivity index (χ3v) is 2.88. The van der Waals surface area contributed by atoms with E-state index in [1.54, 1.807) is 0 Å². The van der Waals surface area contributed by atoms with Crippen molar-refractivity contribution in [2.45, 2.75) is 32.8 Å². The highest BCUT2D eigenvalue weighted by molar-refractivity contribution is 7.14. The van der Waals surface area contributed by atoms with Crippen LogP contribution in [0.3, 0.4) is 0 Å². The van der Waals surface area contributed by atoms with Crippen LogP contribution in [0.1, 0.15) is 32.8 Å². The summed E-state index contributed by atoms with van der Waals surface area (Å²) in [5, 5.41) is 8.78. The zero-order valence-electron chi connectivity index (χ0n) is 11.8. The van der Waals surface area contributed by atoms with Gasteiger partial charge in [0.1, 0.15) is 5.60 Å². The van der Waals surface area contributed by atoms with Crippen molar-refractivity contribution in [2.24, 2.45) is 5.11 Å². The van der Waals surface area contributed by atoms with Crippen molar-refractivity contribution in [3.8, 4) is 0 Å². The molecule has 0 spiro atoms. The van der Waals surface area contributed by atoms with Crippen LogP contribution in [0.2, 0.25) is 0 Å². The number of anilines is 1. The number of thiophene rings is 1. The zero-order valence-corrected chi connectivity index (χ0v) is 12.6. The highest BCUT2D eigenvalue weighted by Gasteiger charge is 2.16. The number of hydrogen-bond donors (Lipinski definition) is 1. The molecule has 1 rings (SSSR count). The lowest BCUT2D eigenvalue weighted by Gasteiger charge is -2.19. The monoisotopic (exact) mass is 294 g/mol. The number of carbonyl (C=O) groups is 1. The molecule has 0 aliphatic carbocycles. The quantitative estimate of drug-likeness (QED) is 0.365. The van der Waals surface area contributed by atoms with Crippen LogP contribution in [0.4, 0.5) is 9.80 Å². The molecule has 0 unspecified atom stereocenters. The van der Waals surface area contributed by atoms with Crippen molar-refractivity contribution in [1.29, 1.82) is 0 Å². The Morgan fingerprint density at radius 1 is 1.60 bits per heavy atom. The maximum absolute atomic E-state index is 11.6. The molecule has 1 aromatic heterocycles. The largest absolute Gasteiger partial charge is 0.444 e. The molecule has 108 valence electrons. The van der Waals surface area contributed by atoms with E-state index in [9.17, 15) is 4.79 Å². The Morgan fingerprint density at radius 2 is 2.35 bits per heavy atom. The molecule has 1 amide bonds. The van der Waals surface area contributed by atoms with Gasteiger partial charge >= 0.3 is 6.09 Å². The molecule has 0 aromatic carbocycles. The average Bonchev–Trinajstić information content (AvgIpc) is 2.74. The Bertz CT molecular complexity index is 525. The lowest BCUT2D eigenvalue weighted by molar-refractivity contribution is 0.0636. The molecule has 0 atom stereocenters. The van der Waals surface area contributed by atoms with E-state index in [1.807, 2.05) is 44.4 Å². The number of nitrogens with one attached hydrogen (secondary N) is 1. The maximum Gasteiger partial charge on any atom is 0.412 e. The van der Waals surface area contributed by atoms with Crippen molar-refractivity contribution in [1.82, 2.24) is 0 Å². The first-order chi connectivity index (χ1) is 9.40. The second-order valence-electron chi connectivity index (χ2n) is 5.02. The number of carbonyl (C=O) groups excluding carboxylic acids is 1. The fraction of sp³-hybridized carbons (Fsp3) is 0.462. The summed E-state index contributed by atoms with van der Waals surface area (Å²) in [6.07, 6.45) is 4.07. The van der Waals surface area contributed by atoms with E-state index in [0.717, 1.165) is 10.6 Å². The molecule has 0 saturated heterocycles. The summed E-state index contributed by atoms with van der Waals surface area (Å²) in [6, 6.07) is 1.86. The molecule has 0 saturated carbocycles. The molecule has 1 aromatic rings. The topological polar surface area (TPSA) is 87.1 Å². The van der Waals surface area contributed by atoms with Crippen molar-refractivity contribution in [3.63, 3.8) is 0 Å². The van der Waals surface area contributed by atoms with Crippen LogP contribution in [0.25, 0.3) is 16.5 Å². The molecule has 6 nitrogen and oxygen atoms in total. The first-order valence-corrected chi connectivity index (χ1v) is 7.04. The Hall–Kier alpha value is -1.98. The van der Waals surface area contributed by atoms with E-state index >= 15 is 0 Å². The summed E-state index contributed by atoms with van der Waals surface area (Å²) >= 11 is 1.43. The summed E-state index contributed by atoms with van der Waals surface area (Å²) in [7, 11) is 0. The van der Waals surface area contributed by atoms with Gasteiger partial charge in [0.25, 0.3) is 0 Å². The predicted molar refractivity (Wildman–Crippen MR) is 81.8 cm³/mol. The molecule has 0 aliphatic rings. The molecule has 0 bridgehead atoms. The van der Waals surface area contributed by atoms with Crippen LogP contribution in [0.5, 0.6) is 0 Å². The number of ether oxygens (including phenoxy) is 1. The van der Waals surface area contributed by atoms with Gasteiger partial charge in [0.2, 0.25) is 0 Å². The van der Waals surface area contributed by atoms with Crippen LogP contribution < -0.4 is 5.32 Å². The second kappa shape index (κ2) is 7.57. The van der Waals surface area contributed by atoms with Crippen LogP contribution in [-0.2, 0) is 4.74 Å². The van der Waals surface area contributed by atoms with Gasteiger partial charge in [-0.15, -0.1) is 11.3 Å². The fourth-order valence-electron chi connectivity index (χ4n) is 1.30. The van der Waals surface area contributed by atoms with Gasteiger partial charge in [-0.3, -0.25) is 5.32 Å². The molecule has 0 fully saturated rings. The molecule has 0 radical (unpaired) electrons. The summed E-state index contributed by atoms with van der Waals surface area (Å²) in [6.45, 7) is 5.90. The summed E-state index contributed by atoms with van der Waals surface area (Å²) < 4.78 is 5.17. The van der Waals surface area contributed by atoms with Crippen LogP contribution in [0.15, 0.2) is 22.6 Å². The Kier molecular flexibility index (Phi) is 6.09. The normalized spacial score (nSPS) is 11.2. The Labute approximate surface area is 122 Å². The molecule has 1 N–H and O–H groups in total. The zero-order chi connectivity index (χ0) is 15.0. The highest BCUT2D eigenvalue weighted by atomic mass is 32.1. The van der Waals surface area contributed by atoms with Gasteiger partial charge in [0, 0.05) is 16.8 Å². The van der Waals surface area contributed by atoms with E-state index in [4.69, 9.17) is 10.3 Å². The molecule has 1 heterocycles. The summed E-state index contributed by atoms with van der Waals surface area (Å²) in [5.41, 5.74) is 8.61. The van der Waals surface area contributed by atoms with Gasteiger partial charge in [-0.2, -0.15) is 0 Å². The minimum absolute atomic E-state index is 0.445. The minimum Gasteiger partial charge on any atom is -0.444 e. The van der Waals surface area contributed by atoms with Gasteiger partial charge in [-0.1, -0.05) is 17.3 Å². The van der Waals surface area contributed by atoms with E-state index < -0.39 is 11.7 Å². The molecule has 20 heavy (non-hydrogen) atoms. The standard InChI is InChI=1S/C13H18N4O2S/c1-13(2,3)19-12(18)16-11-8-10(9-20-11)6-4-5-7-15-17-14/h4,6,8-9H,5,7H2,1-3H3,(H,16,18). The van der Waals surface area contributed by atoms with Gasteiger partial charge < -0.3 is 4.74 Å². The van der Waals surface area contributed by atoms with Gasteiger partial charge in [-0.05, 0) is 44.4 Å². The Balaban J connectivity index is 2.47. The third-order valence-electron chi connectivity index (χ3n) is 2.01. The van der Waals surface area contributed by atoms with Crippen LogP contribution in [-0.4, -0.2) is 18.2 Å². The summed E-state index contributed by atoms with van der Waals surface area (Å²) in [4.78, 5) is 14.3. The van der Waals surface area contributed by atoms with E-state index in [1.165, 1.54) is 11.3 Å². The first kappa shape index (κ1) is 16.1. The van der Waals surface area contributed by atoms with Crippen molar-refractivity contribution < 1.29 is 9.53 Å². The van der Waals surface area contributed by atoms with Crippen LogP contribution >= 0.6 is 11.3 Å². The number of amides is 1. The first-order valence-electron chi connectivity index (χ1n) is 6.16. The number of hydrogen-bond acceptors (Lipinski definition) is 4. The number of nitrogens with zero attached hydrogens (tertiary/aromatic N) is 3. The lowest BCUT2D eigenvalue weighted by Crippen LogP contribution is -2.26. The lowest BCUT2D eigenvalue weighted by atomic mass is 10.2. The van der Waals surface area contributed by atoms with Gasteiger partial charge in [0.05, 0.1) is 5.00 Å². The van der Waals surface area contributed by atoms with Gasteiger partial charge in [-0.25, -0.2) is 4.79 Å². The number of rotatable bonds is 5. The smallest absolute Gasteiger partial charge is 0.412 e. The number of azide groups is 1. The molecular weight excluding hydrogens is 276 g/mol. The predicted octanol–water partition coefficient (Wildman–Crippen LogP) is 4.81. The minimum atomic E-state index is -0.509. The van der Waals surface area contributed by atoms with Crippen molar-refractivity contribution >= 4 is 28.5 Å². The summed E-state index contributed by atoms with van der Waals surface area (Å²) in [5.74, 6) is 0. The molecule has 0 aliphatic heterocycles. The third kappa shape index (κ3) is 6.82. The molecule has 7 heteroatoms. The van der Waals surface area contributed by atoms with E-state index in [-0.39, 0.29) is 0 Å². The van der Waals surface area contributed by atoms with E-state index in [0.29, 0.717) is 13.0 Å². The van der Waals surface area contributed by atoms with Crippen molar-refractivity contribution in [3.05, 3.63) is 33.5 Å². The van der Waals surface area contributed by atoms with Crippen LogP contribution in [0, 0.1) is 0 Å². The maximum atomic E-state index is 11.6. The van der Waals surface area contributed by atoms with E-state index in [2.05, 4.69) is 15.3 Å². The van der Waals surface area contributed by atoms with Gasteiger partial charge in [0.15, 0.2) is 0 Å².